The van der Waals surface area contributed by atoms with Crippen LogP contribution in [0.4, 0.5) is 15.0 Å². The molecule has 0 unspecified atom stereocenters. The fourth-order valence-electron chi connectivity index (χ4n) is 6.43. The highest BCUT2D eigenvalue weighted by Crippen LogP contribution is 2.36. The first-order valence-corrected chi connectivity index (χ1v) is 16.5. The fraction of sp³-hybridized carbons (Fsp3) is 0.405. The molecule has 0 atom stereocenters. The molecule has 2 aliphatic rings. The zero-order chi connectivity index (χ0) is 34.2. The number of nitrogens with zero attached hydrogens (tertiary/aromatic N) is 5. The van der Waals surface area contributed by atoms with Gasteiger partial charge in [-0.05, 0) is 75.9 Å². The molecule has 6 rings (SSSR count). The van der Waals surface area contributed by atoms with Gasteiger partial charge in [-0.2, -0.15) is 0 Å². The minimum atomic E-state index is -0.576. The minimum Gasteiger partial charge on any atom is -0.493 e. The molecule has 1 fully saturated rings. The van der Waals surface area contributed by atoms with E-state index in [-0.39, 0.29) is 12.0 Å². The molecule has 0 radical (unpaired) electrons. The van der Waals surface area contributed by atoms with Gasteiger partial charge in [-0.15, -0.1) is 0 Å². The minimum absolute atomic E-state index is 0.0642. The van der Waals surface area contributed by atoms with Crippen molar-refractivity contribution < 1.29 is 23.5 Å². The Labute approximate surface area is 280 Å². The first kappa shape index (κ1) is 33.0. The van der Waals surface area contributed by atoms with Crippen molar-refractivity contribution in [3.63, 3.8) is 0 Å². The predicted molar refractivity (Wildman–Crippen MR) is 185 cm³/mol. The summed E-state index contributed by atoms with van der Waals surface area (Å²) >= 11 is 0. The van der Waals surface area contributed by atoms with Crippen LogP contribution in [0.3, 0.4) is 0 Å². The lowest BCUT2D eigenvalue weighted by molar-refractivity contribution is 0.0273. The van der Waals surface area contributed by atoms with E-state index in [1.165, 1.54) is 19.4 Å². The van der Waals surface area contributed by atoms with Crippen molar-refractivity contribution in [2.24, 2.45) is 0 Å². The largest absolute Gasteiger partial charge is 0.493 e. The van der Waals surface area contributed by atoms with Gasteiger partial charge in [0.15, 0.2) is 11.6 Å². The molecule has 1 aromatic carbocycles. The third-order valence-electron chi connectivity index (χ3n) is 8.81. The van der Waals surface area contributed by atoms with E-state index in [1.807, 2.05) is 55.8 Å². The number of hydrogen-bond acceptors (Lipinski definition) is 7. The highest BCUT2D eigenvalue weighted by atomic mass is 19.1. The number of piperazine rings is 1. The van der Waals surface area contributed by atoms with Gasteiger partial charge < -0.3 is 29.2 Å². The van der Waals surface area contributed by atoms with Crippen LogP contribution < -0.4 is 9.64 Å². The predicted octanol–water partition coefficient (Wildman–Crippen LogP) is 6.63. The molecule has 10 nitrogen and oxygen atoms in total. The number of fused-ring (bicyclic) bond motifs is 1. The third kappa shape index (κ3) is 6.86. The van der Waals surface area contributed by atoms with Crippen LogP contribution in [0, 0.1) is 12.7 Å². The molecule has 0 bridgehead atoms. The van der Waals surface area contributed by atoms with E-state index < -0.39 is 11.4 Å². The molecule has 0 saturated carbocycles. The van der Waals surface area contributed by atoms with Crippen LogP contribution in [0.25, 0.3) is 27.6 Å². The number of carbonyl (C=O) groups excluding carboxylic acids is 2. The summed E-state index contributed by atoms with van der Waals surface area (Å²) in [6, 6.07) is 9.40. The molecule has 11 heteroatoms. The van der Waals surface area contributed by atoms with Crippen LogP contribution in [0.1, 0.15) is 61.4 Å². The molecule has 4 aromatic rings. The van der Waals surface area contributed by atoms with E-state index in [0.717, 1.165) is 51.0 Å². The Morgan fingerprint density at radius 2 is 1.73 bits per heavy atom. The molecule has 5 heterocycles. The first-order valence-electron chi connectivity index (χ1n) is 16.5. The summed E-state index contributed by atoms with van der Waals surface area (Å²) in [5, 5.41) is 0.905. The lowest BCUT2D eigenvalue weighted by Gasteiger charge is -2.36. The van der Waals surface area contributed by atoms with Gasteiger partial charge in [0.2, 0.25) is 0 Å². The number of carbonyl (C=O) groups is 2. The molecule has 1 saturated heterocycles. The van der Waals surface area contributed by atoms with Gasteiger partial charge in [0.05, 0.1) is 25.4 Å². The van der Waals surface area contributed by atoms with Gasteiger partial charge in [-0.3, -0.25) is 9.78 Å². The Morgan fingerprint density at radius 3 is 2.44 bits per heavy atom. The van der Waals surface area contributed by atoms with Crippen molar-refractivity contribution in [2.45, 2.75) is 53.1 Å². The Bertz CT molecular complexity index is 1890. The molecule has 0 spiro atoms. The molecule has 3 aromatic heterocycles. The number of methoxy groups -OCH3 is 1. The van der Waals surface area contributed by atoms with E-state index in [0.29, 0.717) is 62.8 Å². The van der Waals surface area contributed by atoms with Crippen LogP contribution in [-0.2, 0) is 11.2 Å². The maximum Gasteiger partial charge on any atom is 0.410 e. The standard InChI is InChI=1S/C37H43FN6O4/c1-7-24-15-23(2)39-21-30(24)29-17-27(35(45)43-13-11-42(12-14-43)34-32(47-6)19-28(38)20-40-34)16-26-18-31(41-33(26)29)25-9-8-10-44(22-25)36(46)48-37(3,4)5/h9,15-21,41H,7-8,10-14,22H2,1-6H3. The maximum atomic E-state index is 14.1. The molecule has 0 aliphatic carbocycles. The Morgan fingerprint density at radius 1 is 0.958 bits per heavy atom. The van der Waals surface area contributed by atoms with E-state index in [9.17, 15) is 14.0 Å². The van der Waals surface area contributed by atoms with Crippen molar-refractivity contribution in [2.75, 3.05) is 51.3 Å². The molecular formula is C37H43FN6O4. The lowest BCUT2D eigenvalue weighted by Crippen LogP contribution is -2.49. The summed E-state index contributed by atoms with van der Waals surface area (Å²) in [4.78, 5) is 45.1. The Kier molecular flexibility index (Phi) is 9.13. The summed E-state index contributed by atoms with van der Waals surface area (Å²) in [5.74, 6) is 0.411. The van der Waals surface area contributed by atoms with Crippen molar-refractivity contribution in [3.05, 3.63) is 77.1 Å². The van der Waals surface area contributed by atoms with Crippen LogP contribution in [0.5, 0.6) is 5.75 Å². The Hall–Kier alpha value is -4.93. The van der Waals surface area contributed by atoms with Crippen molar-refractivity contribution in [1.29, 1.82) is 0 Å². The number of H-pyrrole nitrogens is 1. The van der Waals surface area contributed by atoms with Gasteiger partial charge in [0.1, 0.15) is 11.4 Å². The van der Waals surface area contributed by atoms with Crippen molar-refractivity contribution in [1.82, 2.24) is 24.8 Å². The topological polar surface area (TPSA) is 104 Å². The zero-order valence-electron chi connectivity index (χ0n) is 28.5. The lowest BCUT2D eigenvalue weighted by atomic mass is 9.95. The number of amides is 2. The number of anilines is 1. The van der Waals surface area contributed by atoms with Crippen LogP contribution in [-0.4, -0.2) is 88.7 Å². The molecule has 48 heavy (non-hydrogen) atoms. The maximum absolute atomic E-state index is 14.1. The number of benzene rings is 1. The van der Waals surface area contributed by atoms with Crippen LogP contribution in [0.2, 0.25) is 0 Å². The SMILES string of the molecule is CCc1cc(C)ncc1-c1cc(C(=O)N2CCN(c3ncc(F)cc3OC)CC2)cc2cc(C3=CCCN(C(=O)OC(C)(C)C)C3)[nH]c12. The number of aromatic amines is 1. The van der Waals surface area contributed by atoms with Gasteiger partial charge >= 0.3 is 6.09 Å². The number of hydrogen-bond donors (Lipinski definition) is 1. The van der Waals surface area contributed by atoms with Crippen LogP contribution in [0.15, 0.2) is 48.8 Å². The summed E-state index contributed by atoms with van der Waals surface area (Å²) < 4.78 is 24.8. The number of aryl methyl sites for hydroxylation is 2. The fourth-order valence-corrected chi connectivity index (χ4v) is 6.43. The zero-order valence-corrected chi connectivity index (χ0v) is 28.5. The summed E-state index contributed by atoms with van der Waals surface area (Å²) in [7, 11) is 1.50. The quantitative estimate of drug-likeness (QED) is 0.249. The molecular weight excluding hydrogens is 611 g/mol. The molecule has 2 aliphatic heterocycles. The average Bonchev–Trinajstić information content (AvgIpc) is 3.51. The second kappa shape index (κ2) is 13.3. The second-order valence-electron chi connectivity index (χ2n) is 13.4. The first-order chi connectivity index (χ1) is 22.9. The highest BCUT2D eigenvalue weighted by Gasteiger charge is 2.28. The second-order valence-corrected chi connectivity index (χ2v) is 13.4. The van der Waals surface area contributed by atoms with E-state index >= 15 is 0 Å². The monoisotopic (exact) mass is 654 g/mol. The molecule has 2 amide bonds. The van der Waals surface area contributed by atoms with Crippen LogP contribution >= 0.6 is 0 Å². The third-order valence-corrected chi connectivity index (χ3v) is 8.81. The van der Waals surface area contributed by atoms with Gasteiger partial charge in [-0.1, -0.05) is 13.0 Å². The van der Waals surface area contributed by atoms with Gasteiger partial charge in [0.25, 0.3) is 5.91 Å². The summed E-state index contributed by atoms with van der Waals surface area (Å²) in [6.07, 6.45) is 6.43. The van der Waals surface area contributed by atoms with E-state index in [1.54, 1.807) is 4.90 Å². The molecule has 1 N–H and O–H groups in total. The number of pyridine rings is 2. The van der Waals surface area contributed by atoms with E-state index in [2.05, 4.69) is 40.1 Å². The number of ether oxygens (including phenoxy) is 2. The number of nitrogens with one attached hydrogen (secondary N) is 1. The number of rotatable bonds is 6. The van der Waals surface area contributed by atoms with Crippen molar-refractivity contribution >= 4 is 34.3 Å². The average molecular weight is 655 g/mol. The number of halogens is 1. The van der Waals surface area contributed by atoms with Gasteiger partial charge in [0, 0.05) is 78.5 Å². The number of aromatic nitrogens is 3. The molecule has 252 valence electrons. The smallest absolute Gasteiger partial charge is 0.410 e. The van der Waals surface area contributed by atoms with E-state index in [4.69, 9.17) is 9.47 Å². The normalized spacial score (nSPS) is 15.5. The Balaban J connectivity index is 1.32. The highest BCUT2D eigenvalue weighted by molar-refractivity contribution is 6.05. The van der Waals surface area contributed by atoms with Crippen molar-refractivity contribution in [3.8, 4) is 16.9 Å². The van der Waals surface area contributed by atoms with Gasteiger partial charge in [-0.25, -0.2) is 14.2 Å². The summed E-state index contributed by atoms with van der Waals surface area (Å²) in [6.45, 7) is 12.8. The summed E-state index contributed by atoms with van der Waals surface area (Å²) in [5.41, 5.74) is 6.79.